The third-order valence-electron chi connectivity index (χ3n) is 4.26. The highest BCUT2D eigenvalue weighted by Gasteiger charge is 2.22. The summed E-state index contributed by atoms with van der Waals surface area (Å²) in [5, 5.41) is 20.8. The number of hydrogen-bond donors (Lipinski definition) is 0. The molecule has 2 aromatic rings. The number of nitriles is 2. The molecule has 6 nitrogen and oxygen atoms in total. The number of thioether (sulfide) groups is 2. The van der Waals surface area contributed by atoms with Crippen LogP contribution in [0.4, 0.5) is 0 Å². The Morgan fingerprint density at radius 2 is 1.31 bits per heavy atom. The largest absolute Gasteiger partial charge is 0.293 e. The molecule has 2 rings (SSSR count). The van der Waals surface area contributed by atoms with Gasteiger partial charge in [-0.2, -0.15) is 10.5 Å². The lowest BCUT2D eigenvalue weighted by atomic mass is 10.0. The molecule has 2 atom stereocenters. The number of pyridine rings is 2. The van der Waals surface area contributed by atoms with Gasteiger partial charge in [0.2, 0.25) is 0 Å². The molecule has 0 bridgehead atoms. The van der Waals surface area contributed by atoms with Gasteiger partial charge in [-0.3, -0.25) is 19.6 Å². The minimum Gasteiger partial charge on any atom is -0.293 e. The normalized spacial score (nSPS) is 12.1. The van der Waals surface area contributed by atoms with Crippen LogP contribution in [0.15, 0.2) is 49.1 Å². The number of thiocyanates is 2. The molecule has 0 saturated heterocycles. The van der Waals surface area contributed by atoms with Crippen LogP contribution >= 0.6 is 23.5 Å². The summed E-state index contributed by atoms with van der Waals surface area (Å²) in [6.45, 7) is 8.18. The second-order valence-electron chi connectivity index (χ2n) is 7.86. The molecule has 0 aromatic carbocycles. The van der Waals surface area contributed by atoms with Crippen LogP contribution in [0, 0.1) is 33.2 Å². The van der Waals surface area contributed by atoms with Crippen LogP contribution < -0.4 is 0 Å². The van der Waals surface area contributed by atoms with Gasteiger partial charge in [-0.25, -0.2) is 0 Å². The third kappa shape index (κ3) is 10.1. The van der Waals surface area contributed by atoms with Crippen LogP contribution in [0.25, 0.3) is 0 Å². The van der Waals surface area contributed by atoms with E-state index in [-0.39, 0.29) is 22.1 Å². The molecule has 0 spiro atoms. The minimum absolute atomic E-state index is 0.00616. The summed E-state index contributed by atoms with van der Waals surface area (Å²) >= 11 is 2.08. The predicted octanol–water partition coefficient (Wildman–Crippen LogP) is 5.79. The number of carbonyl (C=O) groups is 2. The quantitative estimate of drug-likeness (QED) is 0.319. The Kier molecular flexibility index (Phi) is 13.0. The minimum atomic E-state index is -0.283. The SMILES string of the molecule is CC(C)CC(SC#N)C(=O)c1cccnc1.CC(C)CC(SC#N)C(=O)c1ccncc1. The first kappa shape index (κ1) is 27.4. The number of ketones is 2. The van der Waals surface area contributed by atoms with Gasteiger partial charge < -0.3 is 0 Å². The number of rotatable bonds is 10. The van der Waals surface area contributed by atoms with E-state index in [4.69, 9.17) is 10.5 Å². The Morgan fingerprint density at radius 3 is 1.72 bits per heavy atom. The monoisotopic (exact) mass is 468 g/mol. The Balaban J connectivity index is 0.000000320. The molecule has 0 amide bonds. The Bertz CT molecular complexity index is 845. The Morgan fingerprint density at radius 1 is 0.812 bits per heavy atom. The average molecular weight is 469 g/mol. The molecule has 2 heterocycles. The van der Waals surface area contributed by atoms with Gasteiger partial charge in [0, 0.05) is 35.9 Å². The topological polar surface area (TPSA) is 107 Å². The molecule has 0 aliphatic carbocycles. The van der Waals surface area contributed by atoms with E-state index in [2.05, 4.69) is 9.97 Å². The molecule has 168 valence electrons. The lowest BCUT2D eigenvalue weighted by Crippen LogP contribution is -2.19. The Hall–Kier alpha value is -2.68. The van der Waals surface area contributed by atoms with E-state index in [1.54, 1.807) is 49.1 Å². The van der Waals surface area contributed by atoms with Crippen molar-refractivity contribution in [2.75, 3.05) is 0 Å². The Labute approximate surface area is 198 Å². The van der Waals surface area contributed by atoms with E-state index in [1.807, 2.05) is 38.5 Å². The van der Waals surface area contributed by atoms with Gasteiger partial charge >= 0.3 is 0 Å². The van der Waals surface area contributed by atoms with Crippen molar-refractivity contribution in [2.45, 2.75) is 51.0 Å². The molecular formula is C24H28N4O2S2. The van der Waals surface area contributed by atoms with E-state index < -0.39 is 0 Å². The summed E-state index contributed by atoms with van der Waals surface area (Å²) in [6.07, 6.45) is 7.80. The van der Waals surface area contributed by atoms with Crippen LogP contribution in [0.2, 0.25) is 0 Å². The smallest absolute Gasteiger partial charge is 0.178 e. The van der Waals surface area contributed by atoms with Crippen LogP contribution in [0.3, 0.4) is 0 Å². The van der Waals surface area contributed by atoms with E-state index in [0.29, 0.717) is 29.4 Å². The zero-order valence-corrected chi connectivity index (χ0v) is 20.4. The molecule has 0 N–H and O–H groups in total. The van der Waals surface area contributed by atoms with Crippen LogP contribution in [0.5, 0.6) is 0 Å². The molecule has 8 heteroatoms. The van der Waals surface area contributed by atoms with Crippen LogP contribution in [-0.2, 0) is 0 Å². The maximum absolute atomic E-state index is 12.1. The fourth-order valence-corrected chi connectivity index (χ4v) is 4.50. The summed E-state index contributed by atoms with van der Waals surface area (Å²) in [5.74, 6) is 0.805. The fourth-order valence-electron chi connectivity index (χ4n) is 2.80. The van der Waals surface area contributed by atoms with E-state index >= 15 is 0 Å². The van der Waals surface area contributed by atoms with Gasteiger partial charge in [-0.15, -0.1) is 0 Å². The lowest BCUT2D eigenvalue weighted by molar-refractivity contribution is 0.0975. The van der Waals surface area contributed by atoms with E-state index in [0.717, 1.165) is 29.9 Å². The zero-order chi connectivity index (χ0) is 23.9. The molecular weight excluding hydrogens is 440 g/mol. The third-order valence-corrected chi connectivity index (χ3v) is 5.85. The van der Waals surface area contributed by atoms with E-state index in [1.165, 1.54) is 0 Å². The van der Waals surface area contributed by atoms with Crippen LogP contribution in [0.1, 0.15) is 61.3 Å². The van der Waals surface area contributed by atoms with Gasteiger partial charge in [0.05, 0.1) is 10.5 Å². The number of nitrogens with zero attached hydrogens (tertiary/aromatic N) is 4. The van der Waals surface area contributed by atoms with Crippen molar-refractivity contribution in [3.05, 3.63) is 60.2 Å². The van der Waals surface area contributed by atoms with Crippen molar-refractivity contribution in [2.24, 2.45) is 11.8 Å². The molecule has 0 radical (unpaired) electrons. The molecule has 0 aliphatic heterocycles. The number of carbonyl (C=O) groups excluding carboxylic acids is 2. The standard InChI is InChI=1S/2C12H14N2OS/c1-9(2)7-11(16-8-13)12(15)10-3-5-14-6-4-10;1-9(2)6-11(16-8-13)12(15)10-4-3-5-14-7-10/h3-6,9,11H,7H2,1-2H3;3-5,7,9,11H,6H2,1-2H3. The van der Waals surface area contributed by atoms with Gasteiger partial charge in [-0.05, 0) is 72.5 Å². The van der Waals surface area contributed by atoms with Gasteiger partial charge in [0.25, 0.3) is 0 Å². The first-order valence-electron chi connectivity index (χ1n) is 10.3. The number of aromatic nitrogens is 2. The van der Waals surface area contributed by atoms with Crippen molar-refractivity contribution in [1.82, 2.24) is 9.97 Å². The molecule has 2 aromatic heterocycles. The van der Waals surface area contributed by atoms with Crippen molar-refractivity contribution >= 4 is 35.1 Å². The molecule has 0 aliphatic rings. The molecule has 2 unspecified atom stereocenters. The first-order chi connectivity index (χ1) is 15.3. The van der Waals surface area contributed by atoms with Gasteiger partial charge in [-0.1, -0.05) is 27.7 Å². The first-order valence-corrected chi connectivity index (χ1v) is 12.0. The van der Waals surface area contributed by atoms with Gasteiger partial charge in [0.15, 0.2) is 11.6 Å². The zero-order valence-electron chi connectivity index (χ0n) is 18.8. The average Bonchev–Trinajstić information content (AvgIpc) is 2.78. The van der Waals surface area contributed by atoms with E-state index in [9.17, 15) is 9.59 Å². The number of Topliss-reactive ketones (excluding diaryl/α,β-unsaturated/α-hetero) is 2. The summed E-state index contributed by atoms with van der Waals surface area (Å²) in [7, 11) is 0. The van der Waals surface area contributed by atoms with Crippen molar-refractivity contribution in [3.8, 4) is 10.8 Å². The summed E-state index contributed by atoms with van der Waals surface area (Å²) in [6, 6.07) is 6.85. The summed E-state index contributed by atoms with van der Waals surface area (Å²) in [5.41, 5.74) is 1.21. The number of hydrogen-bond acceptors (Lipinski definition) is 8. The second-order valence-corrected chi connectivity index (χ2v) is 9.84. The predicted molar refractivity (Wildman–Crippen MR) is 130 cm³/mol. The highest BCUT2D eigenvalue weighted by molar-refractivity contribution is 8.05. The lowest BCUT2D eigenvalue weighted by Gasteiger charge is -2.13. The van der Waals surface area contributed by atoms with Crippen molar-refractivity contribution < 1.29 is 9.59 Å². The molecule has 0 fully saturated rings. The summed E-state index contributed by atoms with van der Waals surface area (Å²) < 4.78 is 0. The maximum atomic E-state index is 12.1. The second kappa shape index (κ2) is 15.2. The highest BCUT2D eigenvalue weighted by Crippen LogP contribution is 2.23. The maximum Gasteiger partial charge on any atom is 0.178 e. The fraction of sp³-hybridized carbons (Fsp3) is 0.417. The van der Waals surface area contributed by atoms with Crippen molar-refractivity contribution in [3.63, 3.8) is 0 Å². The molecule has 32 heavy (non-hydrogen) atoms. The highest BCUT2D eigenvalue weighted by atomic mass is 32.2. The summed E-state index contributed by atoms with van der Waals surface area (Å²) in [4.78, 5) is 31.9. The van der Waals surface area contributed by atoms with Crippen LogP contribution in [-0.4, -0.2) is 32.0 Å². The van der Waals surface area contributed by atoms with Crippen molar-refractivity contribution in [1.29, 1.82) is 10.5 Å². The van der Waals surface area contributed by atoms with Gasteiger partial charge in [0.1, 0.15) is 10.8 Å². The molecule has 0 saturated carbocycles.